The number of nitrogens with zero attached hydrogens (tertiary/aromatic N) is 1. The van der Waals surface area contributed by atoms with E-state index in [0.717, 1.165) is 25.9 Å². The molecule has 7 nitrogen and oxygen atoms in total. The van der Waals surface area contributed by atoms with Crippen LogP contribution >= 0.6 is 11.6 Å². The molecule has 1 aliphatic rings. The van der Waals surface area contributed by atoms with Gasteiger partial charge >= 0.3 is 5.69 Å². The summed E-state index contributed by atoms with van der Waals surface area (Å²) in [6.45, 7) is 2.69. The van der Waals surface area contributed by atoms with Crippen LogP contribution in [0.5, 0.6) is 5.75 Å². The molecule has 0 bridgehead atoms. The highest BCUT2D eigenvalue weighted by molar-refractivity contribution is 6.30. The molecule has 2 N–H and O–H groups in total. The lowest BCUT2D eigenvalue weighted by atomic mass is 10.00. The lowest BCUT2D eigenvalue weighted by Gasteiger charge is -2.22. The highest BCUT2D eigenvalue weighted by Gasteiger charge is 2.17. The average molecular weight is 342 g/mol. The van der Waals surface area contributed by atoms with E-state index in [2.05, 4.69) is 10.6 Å². The van der Waals surface area contributed by atoms with Crippen molar-refractivity contribution in [3.8, 4) is 5.75 Å². The van der Waals surface area contributed by atoms with Crippen LogP contribution in [0.15, 0.2) is 18.2 Å². The minimum Gasteiger partial charge on any atom is -0.486 e. The largest absolute Gasteiger partial charge is 0.486 e. The molecule has 1 aromatic rings. The van der Waals surface area contributed by atoms with Crippen LogP contribution in [0.25, 0.3) is 0 Å². The first-order valence-corrected chi connectivity index (χ1v) is 7.98. The van der Waals surface area contributed by atoms with Crippen LogP contribution in [0.2, 0.25) is 5.02 Å². The molecule has 0 radical (unpaired) electrons. The molecule has 1 amide bonds. The van der Waals surface area contributed by atoms with E-state index in [9.17, 15) is 14.9 Å². The Labute approximate surface area is 139 Å². The van der Waals surface area contributed by atoms with Crippen molar-refractivity contribution >= 4 is 23.2 Å². The second-order valence-corrected chi connectivity index (χ2v) is 5.92. The number of benzene rings is 1. The molecule has 8 heteroatoms. The maximum Gasteiger partial charge on any atom is 0.312 e. The standard InChI is InChI=1S/C15H20ClN3O4/c16-12-3-4-14(13(8-12)19(21)22)23-7-5-15(20)18-10-11-2-1-6-17-9-11/h3-4,8,11,17H,1-2,5-7,9-10H2,(H,18,20). The summed E-state index contributed by atoms with van der Waals surface area (Å²) in [4.78, 5) is 22.2. The summed E-state index contributed by atoms with van der Waals surface area (Å²) in [6, 6.07) is 4.18. The molecule has 2 rings (SSSR count). The van der Waals surface area contributed by atoms with Gasteiger partial charge < -0.3 is 15.4 Å². The van der Waals surface area contributed by atoms with E-state index in [-0.39, 0.29) is 35.4 Å². The number of carbonyl (C=O) groups excluding carboxylic acids is 1. The van der Waals surface area contributed by atoms with Crippen molar-refractivity contribution in [3.63, 3.8) is 0 Å². The monoisotopic (exact) mass is 341 g/mol. The van der Waals surface area contributed by atoms with E-state index in [4.69, 9.17) is 16.3 Å². The third-order valence-electron chi connectivity index (χ3n) is 3.69. The number of halogens is 1. The van der Waals surface area contributed by atoms with E-state index in [0.29, 0.717) is 12.5 Å². The summed E-state index contributed by atoms with van der Waals surface area (Å²) in [6.07, 6.45) is 2.39. The second-order valence-electron chi connectivity index (χ2n) is 5.48. The molecule has 1 aliphatic heterocycles. The van der Waals surface area contributed by atoms with Crippen LogP contribution < -0.4 is 15.4 Å². The molecule has 1 aromatic carbocycles. The predicted molar refractivity (Wildman–Crippen MR) is 86.8 cm³/mol. The fourth-order valence-corrected chi connectivity index (χ4v) is 2.62. The van der Waals surface area contributed by atoms with E-state index < -0.39 is 4.92 Å². The van der Waals surface area contributed by atoms with Crippen LogP contribution in [0.1, 0.15) is 19.3 Å². The van der Waals surface area contributed by atoms with Crippen LogP contribution in [-0.2, 0) is 4.79 Å². The fourth-order valence-electron chi connectivity index (χ4n) is 2.45. The maximum absolute atomic E-state index is 11.8. The molecule has 0 aliphatic carbocycles. The number of hydrogen-bond donors (Lipinski definition) is 2. The highest BCUT2D eigenvalue weighted by atomic mass is 35.5. The fraction of sp³-hybridized carbons (Fsp3) is 0.533. The lowest BCUT2D eigenvalue weighted by molar-refractivity contribution is -0.385. The van der Waals surface area contributed by atoms with Gasteiger partial charge in [-0.25, -0.2) is 0 Å². The van der Waals surface area contributed by atoms with Gasteiger partial charge in [0.25, 0.3) is 0 Å². The minimum absolute atomic E-state index is 0.0806. The molecule has 1 atom stereocenters. The number of ether oxygens (including phenoxy) is 1. The number of piperidine rings is 1. The molecule has 1 unspecified atom stereocenters. The number of rotatable bonds is 7. The van der Waals surface area contributed by atoms with Gasteiger partial charge in [0.2, 0.25) is 5.91 Å². The summed E-state index contributed by atoms with van der Waals surface area (Å²) in [5.74, 6) is 0.460. The Balaban J connectivity index is 1.74. The number of nitro groups is 1. The van der Waals surface area contributed by atoms with Gasteiger partial charge in [0.15, 0.2) is 5.75 Å². The van der Waals surface area contributed by atoms with Gasteiger partial charge in [-0.3, -0.25) is 14.9 Å². The molecular formula is C15H20ClN3O4. The highest BCUT2D eigenvalue weighted by Crippen LogP contribution is 2.29. The van der Waals surface area contributed by atoms with Crippen molar-refractivity contribution < 1.29 is 14.5 Å². The Kier molecular flexibility index (Phi) is 6.61. The molecule has 126 valence electrons. The van der Waals surface area contributed by atoms with Crippen molar-refractivity contribution in [2.75, 3.05) is 26.2 Å². The summed E-state index contributed by atoms with van der Waals surface area (Å²) in [7, 11) is 0. The third-order valence-corrected chi connectivity index (χ3v) is 3.93. The second kappa shape index (κ2) is 8.69. The Morgan fingerprint density at radius 3 is 3.04 bits per heavy atom. The summed E-state index contributed by atoms with van der Waals surface area (Å²) in [5, 5.41) is 17.4. The van der Waals surface area contributed by atoms with Crippen LogP contribution in [0.4, 0.5) is 5.69 Å². The SMILES string of the molecule is O=C(CCOc1ccc(Cl)cc1[N+](=O)[O-])NCC1CCCNC1. The van der Waals surface area contributed by atoms with Gasteiger partial charge in [-0.1, -0.05) is 11.6 Å². The quantitative estimate of drug-likeness (QED) is 0.585. The van der Waals surface area contributed by atoms with Crippen molar-refractivity contribution in [1.82, 2.24) is 10.6 Å². The van der Waals surface area contributed by atoms with Crippen LogP contribution in [-0.4, -0.2) is 37.1 Å². The molecule has 0 aromatic heterocycles. The zero-order valence-electron chi connectivity index (χ0n) is 12.7. The number of amides is 1. The number of hydrogen-bond acceptors (Lipinski definition) is 5. The Morgan fingerprint density at radius 2 is 2.35 bits per heavy atom. The number of nitro benzene ring substituents is 1. The van der Waals surface area contributed by atoms with E-state index in [1.807, 2.05) is 0 Å². The van der Waals surface area contributed by atoms with Gasteiger partial charge in [-0.2, -0.15) is 0 Å². The lowest BCUT2D eigenvalue weighted by Crippen LogP contribution is -2.38. The molecule has 1 saturated heterocycles. The minimum atomic E-state index is -0.558. The van der Waals surface area contributed by atoms with E-state index in [1.165, 1.54) is 18.2 Å². The molecular weight excluding hydrogens is 322 g/mol. The van der Waals surface area contributed by atoms with Crippen molar-refractivity contribution in [2.45, 2.75) is 19.3 Å². The van der Waals surface area contributed by atoms with Crippen LogP contribution in [0.3, 0.4) is 0 Å². The average Bonchev–Trinajstić information content (AvgIpc) is 2.55. The first-order valence-electron chi connectivity index (χ1n) is 7.60. The van der Waals surface area contributed by atoms with E-state index in [1.54, 1.807) is 0 Å². The first kappa shape index (κ1) is 17.5. The van der Waals surface area contributed by atoms with Crippen LogP contribution in [0, 0.1) is 16.0 Å². The summed E-state index contributed by atoms with van der Waals surface area (Å²) < 4.78 is 5.34. The first-order chi connectivity index (χ1) is 11.1. The Bertz CT molecular complexity index is 562. The van der Waals surface area contributed by atoms with Crippen molar-refractivity contribution in [2.24, 2.45) is 5.92 Å². The zero-order chi connectivity index (χ0) is 16.7. The number of nitrogens with one attached hydrogen (secondary N) is 2. The number of carbonyl (C=O) groups is 1. The van der Waals surface area contributed by atoms with Gasteiger partial charge in [0, 0.05) is 17.6 Å². The Hall–Kier alpha value is -1.86. The van der Waals surface area contributed by atoms with Gasteiger partial charge in [0.05, 0.1) is 18.0 Å². The smallest absolute Gasteiger partial charge is 0.312 e. The summed E-state index contributed by atoms with van der Waals surface area (Å²) >= 11 is 5.73. The topological polar surface area (TPSA) is 93.5 Å². The molecule has 0 spiro atoms. The maximum atomic E-state index is 11.8. The van der Waals surface area contributed by atoms with Gasteiger partial charge in [-0.15, -0.1) is 0 Å². The predicted octanol–water partition coefficient (Wildman–Crippen LogP) is 2.13. The molecule has 1 fully saturated rings. The molecule has 23 heavy (non-hydrogen) atoms. The third kappa shape index (κ3) is 5.69. The van der Waals surface area contributed by atoms with Gasteiger partial charge in [-0.05, 0) is 44.0 Å². The molecule has 1 heterocycles. The molecule has 0 saturated carbocycles. The van der Waals surface area contributed by atoms with Crippen molar-refractivity contribution in [1.29, 1.82) is 0 Å². The van der Waals surface area contributed by atoms with Crippen molar-refractivity contribution in [3.05, 3.63) is 33.3 Å². The summed E-state index contributed by atoms with van der Waals surface area (Å²) in [5.41, 5.74) is -0.203. The normalized spacial score (nSPS) is 17.5. The zero-order valence-corrected chi connectivity index (χ0v) is 13.5. The van der Waals surface area contributed by atoms with Gasteiger partial charge in [0.1, 0.15) is 0 Å². The Morgan fingerprint density at radius 1 is 1.52 bits per heavy atom. The van der Waals surface area contributed by atoms with E-state index >= 15 is 0 Å².